The van der Waals surface area contributed by atoms with Crippen LogP contribution in [0.5, 0.6) is 0 Å². The summed E-state index contributed by atoms with van der Waals surface area (Å²) in [5.41, 5.74) is 6.08. The number of nitrogens with two attached hydrogens (primary N) is 1. The lowest BCUT2D eigenvalue weighted by molar-refractivity contribution is 0.581. The van der Waals surface area contributed by atoms with Gasteiger partial charge in [0.05, 0.1) is 9.23 Å². The van der Waals surface area contributed by atoms with E-state index >= 15 is 0 Å². The fraction of sp³-hybridized carbons (Fsp3) is 0.0909. The van der Waals surface area contributed by atoms with Crippen molar-refractivity contribution in [3.05, 3.63) is 44.0 Å². The third kappa shape index (κ3) is 3.70. The van der Waals surface area contributed by atoms with Crippen molar-refractivity contribution in [3.8, 4) is 0 Å². The van der Waals surface area contributed by atoms with Crippen molar-refractivity contribution in [2.24, 2.45) is 0 Å². The summed E-state index contributed by atoms with van der Waals surface area (Å²) >= 11 is 10.3. The Labute approximate surface area is 128 Å². The summed E-state index contributed by atoms with van der Waals surface area (Å²) in [7, 11) is -3.59. The van der Waals surface area contributed by atoms with Gasteiger partial charge in [0.1, 0.15) is 0 Å². The van der Waals surface area contributed by atoms with Crippen molar-refractivity contribution in [1.82, 2.24) is 4.72 Å². The number of benzene rings is 1. The molecule has 0 aliphatic carbocycles. The third-order valence-electron chi connectivity index (χ3n) is 2.31. The van der Waals surface area contributed by atoms with Crippen LogP contribution in [0.3, 0.4) is 0 Å². The van der Waals surface area contributed by atoms with Gasteiger partial charge < -0.3 is 5.73 Å². The molecule has 0 aliphatic rings. The second kappa shape index (κ2) is 5.80. The lowest BCUT2D eigenvalue weighted by atomic mass is 10.3. The van der Waals surface area contributed by atoms with Crippen LogP contribution < -0.4 is 10.5 Å². The Hall–Kier alpha value is -0.600. The normalized spacial score (nSPS) is 11.7. The molecule has 2 aromatic rings. The first-order valence-corrected chi connectivity index (χ1v) is 8.64. The van der Waals surface area contributed by atoms with Gasteiger partial charge in [-0.1, -0.05) is 11.6 Å². The molecule has 1 heterocycles. The van der Waals surface area contributed by atoms with Gasteiger partial charge in [0.25, 0.3) is 0 Å². The molecule has 0 radical (unpaired) electrons. The number of sulfonamides is 1. The van der Waals surface area contributed by atoms with Crippen molar-refractivity contribution in [1.29, 1.82) is 0 Å². The zero-order chi connectivity index (χ0) is 14.0. The van der Waals surface area contributed by atoms with Gasteiger partial charge in [0, 0.05) is 21.6 Å². The molecule has 19 heavy (non-hydrogen) atoms. The van der Waals surface area contributed by atoms with Gasteiger partial charge >= 0.3 is 0 Å². The van der Waals surface area contributed by atoms with E-state index in [1.807, 2.05) is 0 Å². The first-order chi connectivity index (χ1) is 8.88. The number of thiophene rings is 1. The van der Waals surface area contributed by atoms with E-state index in [9.17, 15) is 8.42 Å². The number of halogens is 2. The SMILES string of the molecule is Nc1ccc(S(=O)(=O)NCc2ccc(Cl)s2)c(Br)c1. The maximum atomic E-state index is 12.1. The number of nitrogens with one attached hydrogen (secondary N) is 1. The van der Waals surface area contributed by atoms with Crippen molar-refractivity contribution >= 4 is 54.6 Å². The van der Waals surface area contributed by atoms with Gasteiger partial charge in [-0.15, -0.1) is 11.3 Å². The highest BCUT2D eigenvalue weighted by atomic mass is 79.9. The summed E-state index contributed by atoms with van der Waals surface area (Å²) in [5.74, 6) is 0. The van der Waals surface area contributed by atoms with Gasteiger partial charge in [-0.25, -0.2) is 13.1 Å². The largest absolute Gasteiger partial charge is 0.399 e. The minimum atomic E-state index is -3.59. The van der Waals surface area contributed by atoms with Crippen LogP contribution in [-0.4, -0.2) is 8.42 Å². The van der Waals surface area contributed by atoms with Crippen molar-refractivity contribution in [2.75, 3.05) is 5.73 Å². The Balaban J connectivity index is 2.18. The number of nitrogen functional groups attached to an aromatic ring is 1. The minimum Gasteiger partial charge on any atom is -0.399 e. The molecule has 0 aliphatic heterocycles. The highest BCUT2D eigenvalue weighted by Gasteiger charge is 2.17. The summed E-state index contributed by atoms with van der Waals surface area (Å²) in [5, 5.41) is 0. The molecule has 0 bridgehead atoms. The predicted molar refractivity (Wildman–Crippen MR) is 81.9 cm³/mol. The first kappa shape index (κ1) is 14.8. The van der Waals surface area contributed by atoms with Gasteiger partial charge in [-0.3, -0.25) is 0 Å². The third-order valence-corrected chi connectivity index (χ3v) is 5.92. The Morgan fingerprint density at radius 2 is 2.05 bits per heavy atom. The second-order valence-corrected chi connectivity index (χ2v) is 8.11. The summed E-state index contributed by atoms with van der Waals surface area (Å²) in [6, 6.07) is 8.07. The molecule has 0 atom stereocenters. The quantitative estimate of drug-likeness (QED) is 0.799. The highest BCUT2D eigenvalue weighted by Crippen LogP contribution is 2.25. The molecule has 0 amide bonds. The smallest absolute Gasteiger partial charge is 0.242 e. The zero-order valence-electron chi connectivity index (χ0n) is 9.56. The Bertz CT molecular complexity index is 700. The number of hydrogen-bond acceptors (Lipinski definition) is 4. The van der Waals surface area contributed by atoms with Crippen LogP contribution in [0.4, 0.5) is 5.69 Å². The van der Waals surface area contributed by atoms with Gasteiger partial charge in [0.15, 0.2) is 0 Å². The van der Waals surface area contributed by atoms with Crippen LogP contribution in [0.1, 0.15) is 4.88 Å². The molecule has 1 aromatic carbocycles. The lowest BCUT2D eigenvalue weighted by Crippen LogP contribution is -2.23. The average Bonchev–Trinajstić information content (AvgIpc) is 2.72. The topological polar surface area (TPSA) is 72.2 Å². The fourth-order valence-corrected chi connectivity index (χ4v) is 4.64. The Morgan fingerprint density at radius 3 is 2.63 bits per heavy atom. The molecule has 1 aromatic heterocycles. The van der Waals surface area contributed by atoms with Crippen LogP contribution in [0.2, 0.25) is 4.34 Å². The molecule has 4 nitrogen and oxygen atoms in total. The van der Waals surface area contributed by atoms with Crippen molar-refractivity contribution in [3.63, 3.8) is 0 Å². The lowest BCUT2D eigenvalue weighted by Gasteiger charge is -2.08. The summed E-state index contributed by atoms with van der Waals surface area (Å²) in [6.45, 7) is 0.205. The molecule has 0 saturated heterocycles. The van der Waals surface area contributed by atoms with E-state index in [1.165, 1.54) is 17.4 Å². The van der Waals surface area contributed by atoms with Gasteiger partial charge in [-0.2, -0.15) is 0 Å². The zero-order valence-corrected chi connectivity index (χ0v) is 13.5. The molecular formula is C11H10BrClN2O2S2. The Morgan fingerprint density at radius 1 is 1.32 bits per heavy atom. The van der Waals surface area contributed by atoms with Crippen LogP contribution in [-0.2, 0) is 16.6 Å². The van der Waals surface area contributed by atoms with E-state index in [1.54, 1.807) is 24.3 Å². The van der Waals surface area contributed by atoms with E-state index in [0.29, 0.717) is 14.5 Å². The van der Waals surface area contributed by atoms with Gasteiger partial charge in [-0.05, 0) is 46.3 Å². The summed E-state index contributed by atoms with van der Waals surface area (Å²) < 4.78 is 27.8. The number of hydrogen-bond donors (Lipinski definition) is 2. The van der Waals surface area contributed by atoms with Crippen molar-refractivity contribution < 1.29 is 8.42 Å². The van der Waals surface area contributed by atoms with E-state index in [-0.39, 0.29) is 11.4 Å². The van der Waals surface area contributed by atoms with Crippen LogP contribution >= 0.6 is 38.9 Å². The minimum absolute atomic E-state index is 0.157. The first-order valence-electron chi connectivity index (χ1n) is 5.17. The van der Waals surface area contributed by atoms with Crippen LogP contribution in [0.25, 0.3) is 0 Å². The maximum absolute atomic E-state index is 12.1. The van der Waals surface area contributed by atoms with E-state index in [4.69, 9.17) is 17.3 Å². The summed E-state index contributed by atoms with van der Waals surface area (Å²) in [4.78, 5) is 1.00. The maximum Gasteiger partial charge on any atom is 0.242 e. The molecule has 0 unspecified atom stereocenters. The van der Waals surface area contributed by atoms with Crippen molar-refractivity contribution in [2.45, 2.75) is 11.4 Å². The predicted octanol–water partition coefficient (Wildman–Crippen LogP) is 3.22. The summed E-state index contributed by atoms with van der Waals surface area (Å²) in [6.07, 6.45) is 0. The van der Waals surface area contributed by atoms with E-state index in [2.05, 4.69) is 20.7 Å². The number of anilines is 1. The monoisotopic (exact) mass is 380 g/mol. The number of rotatable bonds is 4. The van der Waals surface area contributed by atoms with Gasteiger partial charge in [0.2, 0.25) is 10.0 Å². The van der Waals surface area contributed by atoms with Crippen LogP contribution in [0.15, 0.2) is 39.7 Å². The molecule has 8 heteroatoms. The fourth-order valence-electron chi connectivity index (χ4n) is 1.43. The standard InChI is InChI=1S/C11H10BrClN2O2S2/c12-9-5-7(14)1-3-10(9)19(16,17)15-6-8-2-4-11(13)18-8/h1-5,15H,6,14H2. The molecule has 0 saturated carbocycles. The second-order valence-electron chi connectivity index (χ2n) is 3.72. The molecule has 0 fully saturated rings. The molecular weight excluding hydrogens is 372 g/mol. The van der Waals surface area contributed by atoms with Crippen LogP contribution in [0, 0.1) is 0 Å². The average molecular weight is 382 g/mol. The van der Waals surface area contributed by atoms with E-state index in [0.717, 1.165) is 4.88 Å². The molecule has 0 spiro atoms. The highest BCUT2D eigenvalue weighted by molar-refractivity contribution is 9.10. The molecule has 3 N–H and O–H groups in total. The molecule has 102 valence electrons. The molecule has 2 rings (SSSR count). The van der Waals surface area contributed by atoms with E-state index < -0.39 is 10.0 Å². The Kier molecular flexibility index (Phi) is 4.52.